The van der Waals surface area contributed by atoms with Crippen LogP contribution < -0.4 is 5.32 Å². The number of piperidine rings is 1. The van der Waals surface area contributed by atoms with Crippen molar-refractivity contribution in [3.05, 3.63) is 0 Å². The second-order valence-electron chi connectivity index (χ2n) is 4.61. The summed E-state index contributed by atoms with van der Waals surface area (Å²) in [5, 5.41) is 3.33. The fourth-order valence-corrected chi connectivity index (χ4v) is 2.67. The number of likely N-dealkylation sites (N-methyl/N-ethyl adjacent to an activating group) is 1. The summed E-state index contributed by atoms with van der Waals surface area (Å²) in [7, 11) is 0. The zero-order chi connectivity index (χ0) is 11.4. The Balaban J connectivity index is 1.94. The molecule has 2 saturated heterocycles. The Morgan fingerprint density at radius 2 is 2.12 bits per heavy atom. The second kappa shape index (κ2) is 5.64. The third kappa shape index (κ3) is 2.55. The van der Waals surface area contributed by atoms with Gasteiger partial charge in [-0.15, -0.1) is 0 Å². The van der Waals surface area contributed by atoms with E-state index in [9.17, 15) is 4.79 Å². The van der Waals surface area contributed by atoms with E-state index >= 15 is 0 Å². The molecule has 0 radical (unpaired) electrons. The Labute approximate surface area is 97.3 Å². The van der Waals surface area contributed by atoms with Gasteiger partial charge in [-0.2, -0.15) is 0 Å². The SMILES string of the molecule is CCN(C(=O)[C@@H]1CCCO1)C1CCNCC1. The predicted molar refractivity (Wildman–Crippen MR) is 62.3 cm³/mol. The van der Waals surface area contributed by atoms with Crippen LogP contribution in [0.4, 0.5) is 0 Å². The largest absolute Gasteiger partial charge is 0.368 e. The molecular weight excluding hydrogens is 204 g/mol. The van der Waals surface area contributed by atoms with E-state index in [1.807, 2.05) is 4.90 Å². The Morgan fingerprint density at radius 3 is 2.69 bits per heavy atom. The number of hydrogen-bond donors (Lipinski definition) is 1. The molecule has 0 aromatic rings. The van der Waals surface area contributed by atoms with Crippen LogP contribution in [-0.4, -0.2) is 49.2 Å². The molecule has 0 saturated carbocycles. The number of amides is 1. The van der Waals surface area contributed by atoms with Crippen LogP contribution in [0.3, 0.4) is 0 Å². The van der Waals surface area contributed by atoms with Crippen molar-refractivity contribution in [3.63, 3.8) is 0 Å². The number of hydrogen-bond acceptors (Lipinski definition) is 3. The molecule has 0 unspecified atom stereocenters. The van der Waals surface area contributed by atoms with Crippen molar-refractivity contribution < 1.29 is 9.53 Å². The number of rotatable bonds is 3. The van der Waals surface area contributed by atoms with E-state index in [0.29, 0.717) is 6.04 Å². The highest BCUT2D eigenvalue weighted by Gasteiger charge is 2.31. The first-order valence-electron chi connectivity index (χ1n) is 6.45. The summed E-state index contributed by atoms with van der Waals surface area (Å²) in [5.41, 5.74) is 0. The van der Waals surface area contributed by atoms with Gasteiger partial charge in [0, 0.05) is 19.2 Å². The summed E-state index contributed by atoms with van der Waals surface area (Å²) in [5.74, 6) is 0.215. The second-order valence-corrected chi connectivity index (χ2v) is 4.61. The quantitative estimate of drug-likeness (QED) is 0.772. The van der Waals surface area contributed by atoms with Crippen LogP contribution in [-0.2, 0) is 9.53 Å². The lowest BCUT2D eigenvalue weighted by Crippen LogP contribution is -2.49. The summed E-state index contributed by atoms with van der Waals surface area (Å²) < 4.78 is 5.48. The van der Waals surface area contributed by atoms with Crippen molar-refractivity contribution in [2.75, 3.05) is 26.2 Å². The summed E-state index contributed by atoms with van der Waals surface area (Å²) in [6.45, 7) is 5.68. The zero-order valence-electron chi connectivity index (χ0n) is 10.1. The van der Waals surface area contributed by atoms with Crippen molar-refractivity contribution in [3.8, 4) is 0 Å². The first-order chi connectivity index (χ1) is 7.83. The highest BCUT2D eigenvalue weighted by molar-refractivity contribution is 5.81. The van der Waals surface area contributed by atoms with E-state index < -0.39 is 0 Å². The molecule has 0 bridgehead atoms. The first kappa shape index (κ1) is 11.9. The zero-order valence-corrected chi connectivity index (χ0v) is 10.1. The number of nitrogens with zero attached hydrogens (tertiary/aromatic N) is 1. The third-order valence-electron chi connectivity index (χ3n) is 3.58. The van der Waals surface area contributed by atoms with Crippen LogP contribution in [0, 0.1) is 0 Å². The maximum Gasteiger partial charge on any atom is 0.251 e. The van der Waals surface area contributed by atoms with Gasteiger partial charge in [0.2, 0.25) is 0 Å². The van der Waals surface area contributed by atoms with Crippen LogP contribution in [0.5, 0.6) is 0 Å². The van der Waals surface area contributed by atoms with Crippen LogP contribution in [0.1, 0.15) is 32.6 Å². The molecule has 1 atom stereocenters. The molecule has 4 nitrogen and oxygen atoms in total. The van der Waals surface area contributed by atoms with Gasteiger partial charge in [-0.1, -0.05) is 0 Å². The minimum Gasteiger partial charge on any atom is -0.368 e. The Hall–Kier alpha value is -0.610. The van der Waals surface area contributed by atoms with Gasteiger partial charge in [0.1, 0.15) is 6.10 Å². The monoisotopic (exact) mass is 226 g/mol. The molecule has 2 aliphatic heterocycles. The molecule has 2 fully saturated rings. The van der Waals surface area contributed by atoms with Gasteiger partial charge in [0.05, 0.1) is 0 Å². The van der Waals surface area contributed by atoms with E-state index in [1.165, 1.54) is 0 Å². The highest BCUT2D eigenvalue weighted by Crippen LogP contribution is 2.19. The van der Waals surface area contributed by atoms with Crippen LogP contribution >= 0.6 is 0 Å². The van der Waals surface area contributed by atoms with Gasteiger partial charge in [-0.25, -0.2) is 0 Å². The normalized spacial score (nSPS) is 26.9. The Kier molecular flexibility index (Phi) is 4.18. The minimum atomic E-state index is -0.158. The van der Waals surface area contributed by atoms with Crippen LogP contribution in [0.15, 0.2) is 0 Å². The van der Waals surface area contributed by atoms with Gasteiger partial charge >= 0.3 is 0 Å². The van der Waals surface area contributed by atoms with E-state index in [4.69, 9.17) is 4.74 Å². The van der Waals surface area contributed by atoms with E-state index in [2.05, 4.69) is 12.2 Å². The Morgan fingerprint density at radius 1 is 1.38 bits per heavy atom. The first-order valence-corrected chi connectivity index (χ1v) is 6.45. The molecule has 0 aliphatic carbocycles. The van der Waals surface area contributed by atoms with Crippen molar-refractivity contribution in [2.24, 2.45) is 0 Å². The van der Waals surface area contributed by atoms with E-state index in [-0.39, 0.29) is 12.0 Å². The van der Waals surface area contributed by atoms with E-state index in [1.54, 1.807) is 0 Å². The third-order valence-corrected chi connectivity index (χ3v) is 3.58. The minimum absolute atomic E-state index is 0.158. The molecule has 2 aliphatic rings. The van der Waals surface area contributed by atoms with Crippen LogP contribution in [0.25, 0.3) is 0 Å². The molecule has 2 heterocycles. The summed E-state index contributed by atoms with van der Waals surface area (Å²) in [4.78, 5) is 14.3. The number of nitrogens with one attached hydrogen (secondary N) is 1. The lowest BCUT2D eigenvalue weighted by Gasteiger charge is -2.35. The van der Waals surface area contributed by atoms with Crippen LogP contribution in [0.2, 0.25) is 0 Å². The van der Waals surface area contributed by atoms with Crippen molar-refractivity contribution in [1.29, 1.82) is 0 Å². The molecule has 1 N–H and O–H groups in total. The molecule has 0 spiro atoms. The van der Waals surface area contributed by atoms with Gasteiger partial charge in [0.25, 0.3) is 5.91 Å². The summed E-state index contributed by atoms with van der Waals surface area (Å²) >= 11 is 0. The van der Waals surface area contributed by atoms with Crippen molar-refractivity contribution in [1.82, 2.24) is 10.2 Å². The molecule has 1 amide bonds. The predicted octanol–water partition coefficient (Wildman–Crippen LogP) is 0.766. The van der Waals surface area contributed by atoms with Gasteiger partial charge in [0.15, 0.2) is 0 Å². The highest BCUT2D eigenvalue weighted by atomic mass is 16.5. The molecule has 4 heteroatoms. The standard InChI is InChI=1S/C12H22N2O2/c1-2-14(10-5-7-13-8-6-10)12(15)11-4-3-9-16-11/h10-11,13H,2-9H2,1H3/t11-/m0/s1. The number of carbonyl (C=O) groups excluding carboxylic acids is 1. The summed E-state index contributed by atoms with van der Waals surface area (Å²) in [6.07, 6.45) is 3.92. The molecule has 2 rings (SSSR count). The molecule has 16 heavy (non-hydrogen) atoms. The van der Waals surface area contributed by atoms with Crippen molar-refractivity contribution in [2.45, 2.75) is 44.8 Å². The van der Waals surface area contributed by atoms with E-state index in [0.717, 1.165) is 51.9 Å². The molecular formula is C12H22N2O2. The van der Waals surface area contributed by atoms with Gasteiger partial charge in [-0.3, -0.25) is 4.79 Å². The average Bonchev–Trinajstić information content (AvgIpc) is 2.85. The molecule has 0 aromatic heterocycles. The van der Waals surface area contributed by atoms with Crippen molar-refractivity contribution >= 4 is 5.91 Å². The lowest BCUT2D eigenvalue weighted by molar-refractivity contribution is -0.143. The maximum atomic E-state index is 12.3. The molecule has 92 valence electrons. The molecule has 0 aromatic carbocycles. The smallest absolute Gasteiger partial charge is 0.251 e. The number of ether oxygens (including phenoxy) is 1. The fraction of sp³-hybridized carbons (Fsp3) is 0.917. The van der Waals surface area contributed by atoms with Gasteiger partial charge in [-0.05, 0) is 45.7 Å². The topological polar surface area (TPSA) is 41.6 Å². The maximum absolute atomic E-state index is 12.3. The lowest BCUT2D eigenvalue weighted by atomic mass is 10.0. The number of carbonyl (C=O) groups is 1. The van der Waals surface area contributed by atoms with Gasteiger partial charge < -0.3 is 15.0 Å². The fourth-order valence-electron chi connectivity index (χ4n) is 2.67. The summed E-state index contributed by atoms with van der Waals surface area (Å²) in [6, 6.07) is 0.419. The average molecular weight is 226 g/mol. The Bertz CT molecular complexity index is 233.